The number of rotatable bonds is 7. The van der Waals surface area contributed by atoms with Gasteiger partial charge in [-0.25, -0.2) is 9.37 Å². The van der Waals surface area contributed by atoms with E-state index in [1.165, 1.54) is 12.1 Å². The molecule has 3 aromatic rings. The summed E-state index contributed by atoms with van der Waals surface area (Å²) in [4.78, 5) is 7.40. The molecule has 2 unspecified atom stereocenters. The monoisotopic (exact) mass is 359 g/mol. The minimum atomic E-state index is -0.281. The van der Waals surface area contributed by atoms with Gasteiger partial charge in [0, 0.05) is 29.9 Å². The number of aliphatic hydroxyl groups is 1. The zero-order chi connectivity index (χ0) is 17.6. The summed E-state index contributed by atoms with van der Waals surface area (Å²) in [6, 6.07) is 13.5. The molecule has 0 aliphatic carbocycles. The number of H-pyrrole nitrogens is 1. The standard InChI is InChI=1S/C19H19ClFN3O/c20-16-5-1-13(2-6-16)15(12-25)11-24-18(19-22-9-10-23-19)14-3-7-17(21)8-4-14/h1-10,15,18,24-25H,11-12H2,(H,22,23). The topological polar surface area (TPSA) is 60.9 Å². The number of aromatic amines is 1. The molecule has 6 heteroatoms. The molecule has 3 N–H and O–H groups in total. The Morgan fingerprint density at radius 2 is 1.76 bits per heavy atom. The predicted molar refractivity (Wildman–Crippen MR) is 96.1 cm³/mol. The first-order chi connectivity index (χ1) is 12.2. The molecule has 0 spiro atoms. The lowest BCUT2D eigenvalue weighted by Gasteiger charge is -2.21. The molecule has 3 rings (SSSR count). The number of aliphatic hydroxyl groups excluding tert-OH is 1. The van der Waals surface area contributed by atoms with Gasteiger partial charge in [-0.15, -0.1) is 0 Å². The van der Waals surface area contributed by atoms with Crippen LogP contribution in [0.5, 0.6) is 0 Å². The van der Waals surface area contributed by atoms with E-state index < -0.39 is 0 Å². The van der Waals surface area contributed by atoms with E-state index in [2.05, 4.69) is 15.3 Å². The predicted octanol–water partition coefficient (Wildman–Crippen LogP) is 3.66. The summed E-state index contributed by atoms with van der Waals surface area (Å²) in [5.41, 5.74) is 1.89. The molecule has 0 bridgehead atoms. The third-order valence-electron chi connectivity index (χ3n) is 4.13. The summed E-state index contributed by atoms with van der Waals surface area (Å²) in [6.45, 7) is 0.532. The first kappa shape index (κ1) is 17.6. The Labute approximate surface area is 150 Å². The zero-order valence-electron chi connectivity index (χ0n) is 13.5. The Bertz CT molecular complexity index is 775. The van der Waals surface area contributed by atoms with Crippen LogP contribution in [-0.4, -0.2) is 28.2 Å². The van der Waals surface area contributed by atoms with Gasteiger partial charge >= 0.3 is 0 Å². The fourth-order valence-corrected chi connectivity index (χ4v) is 2.87. The van der Waals surface area contributed by atoms with Gasteiger partial charge in [-0.05, 0) is 35.4 Å². The van der Waals surface area contributed by atoms with E-state index in [9.17, 15) is 9.50 Å². The van der Waals surface area contributed by atoms with E-state index in [1.807, 2.05) is 24.3 Å². The minimum Gasteiger partial charge on any atom is -0.396 e. The lowest BCUT2D eigenvalue weighted by molar-refractivity contribution is 0.259. The first-order valence-electron chi connectivity index (χ1n) is 8.02. The molecular weight excluding hydrogens is 341 g/mol. The van der Waals surface area contributed by atoms with E-state index >= 15 is 0 Å². The SMILES string of the molecule is OCC(CNC(c1ccc(F)cc1)c1ncc[nH]1)c1ccc(Cl)cc1. The number of benzene rings is 2. The maximum Gasteiger partial charge on any atom is 0.127 e. The Hall–Kier alpha value is -2.21. The van der Waals surface area contributed by atoms with Gasteiger partial charge < -0.3 is 15.4 Å². The fraction of sp³-hybridized carbons (Fsp3) is 0.211. The molecule has 4 nitrogen and oxygen atoms in total. The van der Waals surface area contributed by atoms with Crippen LogP contribution >= 0.6 is 11.6 Å². The molecule has 130 valence electrons. The third-order valence-corrected chi connectivity index (χ3v) is 4.38. The van der Waals surface area contributed by atoms with Gasteiger partial charge in [-0.3, -0.25) is 0 Å². The van der Waals surface area contributed by atoms with Crippen LogP contribution in [0.4, 0.5) is 4.39 Å². The Morgan fingerprint density at radius 3 is 2.36 bits per heavy atom. The van der Waals surface area contributed by atoms with Crippen LogP contribution in [0, 0.1) is 5.82 Å². The molecule has 0 fully saturated rings. The molecule has 0 radical (unpaired) electrons. The van der Waals surface area contributed by atoms with Crippen molar-refractivity contribution in [1.29, 1.82) is 0 Å². The van der Waals surface area contributed by atoms with Gasteiger partial charge in [0.05, 0.1) is 12.6 Å². The van der Waals surface area contributed by atoms with Gasteiger partial charge in [0.15, 0.2) is 0 Å². The minimum absolute atomic E-state index is 0.00290. The van der Waals surface area contributed by atoms with Crippen molar-refractivity contribution in [3.8, 4) is 0 Å². The van der Waals surface area contributed by atoms with E-state index in [0.717, 1.165) is 17.0 Å². The molecule has 0 amide bonds. The third kappa shape index (κ3) is 4.45. The fourth-order valence-electron chi connectivity index (χ4n) is 2.75. The number of halogens is 2. The van der Waals surface area contributed by atoms with Gasteiger partial charge in [-0.1, -0.05) is 35.9 Å². The van der Waals surface area contributed by atoms with Crippen molar-refractivity contribution < 1.29 is 9.50 Å². The molecule has 25 heavy (non-hydrogen) atoms. The molecule has 2 atom stereocenters. The van der Waals surface area contributed by atoms with Gasteiger partial charge in [0.2, 0.25) is 0 Å². The summed E-state index contributed by atoms with van der Waals surface area (Å²) < 4.78 is 13.2. The number of nitrogens with zero attached hydrogens (tertiary/aromatic N) is 1. The smallest absolute Gasteiger partial charge is 0.127 e. The van der Waals surface area contributed by atoms with Crippen molar-refractivity contribution in [3.63, 3.8) is 0 Å². The van der Waals surface area contributed by atoms with Crippen molar-refractivity contribution in [2.45, 2.75) is 12.0 Å². The van der Waals surface area contributed by atoms with E-state index in [1.54, 1.807) is 24.5 Å². The zero-order valence-corrected chi connectivity index (χ0v) is 14.2. The number of aromatic nitrogens is 2. The Morgan fingerprint density at radius 1 is 1.08 bits per heavy atom. The summed E-state index contributed by atoms with van der Waals surface area (Å²) in [6.07, 6.45) is 3.42. The Kier molecular flexibility index (Phi) is 5.81. The highest BCUT2D eigenvalue weighted by atomic mass is 35.5. The highest BCUT2D eigenvalue weighted by molar-refractivity contribution is 6.30. The highest BCUT2D eigenvalue weighted by Crippen LogP contribution is 2.22. The highest BCUT2D eigenvalue weighted by Gasteiger charge is 2.19. The summed E-state index contributed by atoms with van der Waals surface area (Å²) in [5, 5.41) is 13.8. The van der Waals surface area contributed by atoms with Crippen LogP contribution in [0.3, 0.4) is 0 Å². The van der Waals surface area contributed by atoms with Crippen LogP contribution in [0.25, 0.3) is 0 Å². The first-order valence-corrected chi connectivity index (χ1v) is 8.39. The molecule has 0 aliphatic rings. The van der Waals surface area contributed by atoms with Crippen molar-refractivity contribution in [2.75, 3.05) is 13.2 Å². The van der Waals surface area contributed by atoms with E-state index in [-0.39, 0.29) is 24.4 Å². The molecule has 1 aromatic heterocycles. The van der Waals surface area contributed by atoms with Crippen molar-refractivity contribution >= 4 is 11.6 Å². The molecule has 2 aromatic carbocycles. The number of imidazole rings is 1. The lowest BCUT2D eigenvalue weighted by atomic mass is 9.98. The van der Waals surface area contributed by atoms with E-state index in [4.69, 9.17) is 11.6 Å². The normalized spacial score (nSPS) is 13.6. The number of hydrogen-bond donors (Lipinski definition) is 3. The maximum absolute atomic E-state index is 13.2. The summed E-state index contributed by atoms with van der Waals surface area (Å²) >= 11 is 5.93. The largest absolute Gasteiger partial charge is 0.396 e. The number of hydrogen-bond acceptors (Lipinski definition) is 3. The molecule has 1 heterocycles. The molecule has 0 saturated carbocycles. The second kappa shape index (κ2) is 8.25. The van der Waals surface area contributed by atoms with Crippen molar-refractivity contribution in [1.82, 2.24) is 15.3 Å². The maximum atomic E-state index is 13.2. The summed E-state index contributed by atoms with van der Waals surface area (Å²) in [7, 11) is 0. The average molecular weight is 360 g/mol. The quantitative estimate of drug-likeness (QED) is 0.603. The van der Waals surface area contributed by atoms with Crippen LogP contribution in [-0.2, 0) is 0 Å². The van der Waals surface area contributed by atoms with Gasteiger partial charge in [0.25, 0.3) is 0 Å². The second-order valence-electron chi connectivity index (χ2n) is 5.80. The van der Waals surface area contributed by atoms with Gasteiger partial charge in [0.1, 0.15) is 11.6 Å². The van der Waals surface area contributed by atoms with Crippen LogP contribution in [0.2, 0.25) is 5.02 Å². The van der Waals surface area contributed by atoms with E-state index in [0.29, 0.717) is 11.6 Å². The second-order valence-corrected chi connectivity index (χ2v) is 6.23. The van der Waals surface area contributed by atoms with Crippen LogP contribution < -0.4 is 5.32 Å². The lowest BCUT2D eigenvalue weighted by Crippen LogP contribution is -2.29. The molecule has 0 aliphatic heterocycles. The van der Waals surface area contributed by atoms with Crippen molar-refractivity contribution in [3.05, 3.63) is 88.7 Å². The van der Waals surface area contributed by atoms with Crippen LogP contribution in [0.1, 0.15) is 28.9 Å². The Balaban J connectivity index is 1.78. The van der Waals surface area contributed by atoms with Crippen LogP contribution in [0.15, 0.2) is 60.9 Å². The molecule has 0 saturated heterocycles. The van der Waals surface area contributed by atoms with Crippen molar-refractivity contribution in [2.24, 2.45) is 0 Å². The summed E-state index contributed by atoms with van der Waals surface area (Å²) in [5.74, 6) is 0.367. The molecular formula is C19H19ClFN3O. The average Bonchev–Trinajstić information content (AvgIpc) is 3.15. The van der Waals surface area contributed by atoms with Gasteiger partial charge in [-0.2, -0.15) is 0 Å². The number of nitrogens with one attached hydrogen (secondary N) is 2.